The molecule has 2 bridgehead atoms. The highest BCUT2D eigenvalue weighted by Gasteiger charge is 2.56. The van der Waals surface area contributed by atoms with Crippen LogP contribution in [0.1, 0.15) is 44.6 Å². The third kappa shape index (κ3) is 4.13. The van der Waals surface area contributed by atoms with Crippen molar-refractivity contribution in [1.29, 1.82) is 0 Å². The van der Waals surface area contributed by atoms with Gasteiger partial charge in [0.05, 0.1) is 18.6 Å². The van der Waals surface area contributed by atoms with Gasteiger partial charge in [0, 0.05) is 31.3 Å². The second-order valence-electron chi connectivity index (χ2n) is 11.4. The van der Waals surface area contributed by atoms with Gasteiger partial charge < -0.3 is 29.9 Å². The minimum atomic E-state index is -1.01. The molecular formula is C28H38N2O6. The number of nitrogens with zero attached hydrogens (tertiary/aromatic N) is 1. The first-order valence-corrected chi connectivity index (χ1v) is 13.1. The molecule has 3 N–H and O–H groups in total. The molecule has 8 heteroatoms. The van der Waals surface area contributed by atoms with E-state index in [1.165, 1.54) is 13.5 Å². The number of aliphatic hydroxyl groups excluding tert-OH is 2. The Labute approximate surface area is 212 Å². The molecule has 7 atom stereocenters. The maximum Gasteiger partial charge on any atom is 0.249 e. The van der Waals surface area contributed by atoms with Gasteiger partial charge in [-0.3, -0.25) is 9.59 Å². The lowest BCUT2D eigenvalue weighted by Crippen LogP contribution is -2.60. The Bertz CT molecular complexity index is 1040. The van der Waals surface area contributed by atoms with Crippen molar-refractivity contribution < 1.29 is 29.3 Å². The summed E-state index contributed by atoms with van der Waals surface area (Å²) in [6.45, 7) is 5.01. The molecular weight excluding hydrogens is 460 g/mol. The van der Waals surface area contributed by atoms with E-state index in [-0.39, 0.29) is 37.0 Å². The summed E-state index contributed by atoms with van der Waals surface area (Å²) in [4.78, 5) is 28.4. The van der Waals surface area contributed by atoms with Crippen molar-refractivity contribution in [2.45, 2.75) is 57.3 Å². The SMILES string of the molecule is COCC(=O)N(C[C@@H]1CC[C@H]2C[C@@H]1C2(C)C)[C@@H]1C=C(C(=O)NCCO)[C@@H]2c3ccccc3O[C@@H]2[C@H]1O. The lowest BCUT2D eigenvalue weighted by molar-refractivity contribution is -0.149. The highest BCUT2D eigenvalue weighted by molar-refractivity contribution is 5.96. The fraction of sp³-hybridized carbons (Fsp3) is 0.643. The van der Waals surface area contributed by atoms with Crippen LogP contribution in [0.5, 0.6) is 5.75 Å². The largest absolute Gasteiger partial charge is 0.486 e. The molecule has 1 aromatic carbocycles. The lowest BCUT2D eigenvalue weighted by atomic mass is 9.45. The average Bonchev–Trinajstić information content (AvgIpc) is 3.27. The van der Waals surface area contributed by atoms with Gasteiger partial charge in [0.2, 0.25) is 11.8 Å². The Morgan fingerprint density at radius 3 is 2.72 bits per heavy atom. The van der Waals surface area contributed by atoms with E-state index >= 15 is 0 Å². The molecule has 6 rings (SSSR count). The molecule has 1 heterocycles. The second-order valence-corrected chi connectivity index (χ2v) is 11.4. The van der Waals surface area contributed by atoms with E-state index in [1.54, 1.807) is 11.0 Å². The van der Waals surface area contributed by atoms with Crippen molar-refractivity contribution in [3.05, 3.63) is 41.5 Å². The van der Waals surface area contributed by atoms with E-state index in [2.05, 4.69) is 19.2 Å². The Morgan fingerprint density at radius 2 is 2.03 bits per heavy atom. The summed E-state index contributed by atoms with van der Waals surface area (Å²) in [5.41, 5.74) is 1.56. The number of hydrogen-bond acceptors (Lipinski definition) is 6. The smallest absolute Gasteiger partial charge is 0.249 e. The van der Waals surface area contributed by atoms with E-state index in [0.29, 0.717) is 29.7 Å². The third-order valence-electron chi connectivity index (χ3n) is 9.26. The number of ether oxygens (including phenoxy) is 2. The predicted octanol–water partition coefficient (Wildman–Crippen LogP) is 1.86. The Hall–Kier alpha value is -2.42. The number of rotatable bonds is 8. The van der Waals surface area contributed by atoms with Gasteiger partial charge in [-0.25, -0.2) is 0 Å². The maximum atomic E-state index is 13.4. The minimum Gasteiger partial charge on any atom is -0.486 e. The molecule has 4 aliphatic carbocycles. The number of benzene rings is 1. The van der Waals surface area contributed by atoms with Gasteiger partial charge in [-0.2, -0.15) is 0 Å². The number of methoxy groups -OCH3 is 1. The fourth-order valence-electron chi connectivity index (χ4n) is 7.22. The van der Waals surface area contributed by atoms with Crippen molar-refractivity contribution in [1.82, 2.24) is 10.2 Å². The summed E-state index contributed by atoms with van der Waals surface area (Å²) in [7, 11) is 1.49. The van der Waals surface area contributed by atoms with Crippen molar-refractivity contribution >= 4 is 11.8 Å². The summed E-state index contributed by atoms with van der Waals surface area (Å²) >= 11 is 0. The second kappa shape index (κ2) is 9.80. The van der Waals surface area contributed by atoms with Gasteiger partial charge in [0.25, 0.3) is 0 Å². The number of para-hydroxylation sites is 1. The molecule has 3 fully saturated rings. The zero-order chi connectivity index (χ0) is 25.6. The Morgan fingerprint density at radius 1 is 1.25 bits per heavy atom. The zero-order valence-corrected chi connectivity index (χ0v) is 21.4. The lowest BCUT2D eigenvalue weighted by Gasteiger charge is -2.61. The molecule has 0 radical (unpaired) electrons. The van der Waals surface area contributed by atoms with Gasteiger partial charge >= 0.3 is 0 Å². The van der Waals surface area contributed by atoms with Gasteiger partial charge in [-0.05, 0) is 54.6 Å². The van der Waals surface area contributed by atoms with Crippen molar-refractivity contribution in [3.63, 3.8) is 0 Å². The molecule has 0 spiro atoms. The first kappa shape index (κ1) is 25.2. The predicted molar refractivity (Wildman–Crippen MR) is 133 cm³/mol. The first-order valence-electron chi connectivity index (χ1n) is 13.1. The number of hydrogen-bond donors (Lipinski definition) is 3. The summed E-state index contributed by atoms with van der Waals surface area (Å²) in [6.07, 6.45) is 3.44. The molecule has 0 saturated heterocycles. The van der Waals surface area contributed by atoms with Crippen LogP contribution in [0.15, 0.2) is 35.9 Å². The van der Waals surface area contributed by atoms with E-state index in [4.69, 9.17) is 9.47 Å². The van der Waals surface area contributed by atoms with E-state index in [9.17, 15) is 19.8 Å². The first-order chi connectivity index (χ1) is 17.3. The molecule has 8 nitrogen and oxygen atoms in total. The molecule has 0 unspecified atom stereocenters. The van der Waals surface area contributed by atoms with Crippen LogP contribution < -0.4 is 10.1 Å². The number of carbonyl (C=O) groups is 2. The van der Waals surface area contributed by atoms with Crippen LogP contribution in [0.3, 0.4) is 0 Å². The summed E-state index contributed by atoms with van der Waals surface area (Å²) in [6, 6.07) is 6.77. The molecule has 1 aromatic rings. The van der Waals surface area contributed by atoms with Crippen LogP contribution in [0.25, 0.3) is 0 Å². The van der Waals surface area contributed by atoms with Gasteiger partial charge in [0.1, 0.15) is 24.6 Å². The number of nitrogens with one attached hydrogen (secondary N) is 1. The molecule has 3 saturated carbocycles. The minimum absolute atomic E-state index is 0.0956. The molecule has 2 amide bonds. The van der Waals surface area contributed by atoms with E-state index in [1.807, 2.05) is 24.3 Å². The quantitative estimate of drug-likeness (QED) is 0.505. The summed E-state index contributed by atoms with van der Waals surface area (Å²) < 4.78 is 11.4. The fourth-order valence-corrected chi connectivity index (χ4v) is 7.22. The van der Waals surface area contributed by atoms with Crippen LogP contribution in [-0.2, 0) is 14.3 Å². The monoisotopic (exact) mass is 498 g/mol. The van der Waals surface area contributed by atoms with E-state index in [0.717, 1.165) is 24.3 Å². The number of carbonyl (C=O) groups excluding carboxylic acids is 2. The van der Waals surface area contributed by atoms with Crippen LogP contribution in [0, 0.1) is 23.2 Å². The molecule has 36 heavy (non-hydrogen) atoms. The topological polar surface area (TPSA) is 108 Å². The number of aliphatic hydroxyl groups is 2. The van der Waals surface area contributed by atoms with Gasteiger partial charge in [-0.1, -0.05) is 32.0 Å². The van der Waals surface area contributed by atoms with Crippen molar-refractivity contribution in [2.24, 2.45) is 23.2 Å². The van der Waals surface area contributed by atoms with Crippen LogP contribution in [0.4, 0.5) is 0 Å². The van der Waals surface area contributed by atoms with E-state index < -0.39 is 24.2 Å². The van der Waals surface area contributed by atoms with Crippen LogP contribution in [0.2, 0.25) is 0 Å². The number of fused-ring (bicyclic) bond motifs is 5. The van der Waals surface area contributed by atoms with Crippen LogP contribution >= 0.6 is 0 Å². The van der Waals surface area contributed by atoms with Gasteiger partial charge in [-0.15, -0.1) is 0 Å². The highest BCUT2D eigenvalue weighted by Crippen LogP contribution is 2.61. The molecule has 0 aromatic heterocycles. The third-order valence-corrected chi connectivity index (χ3v) is 9.26. The Kier molecular flexibility index (Phi) is 6.87. The summed E-state index contributed by atoms with van der Waals surface area (Å²) in [5, 5.41) is 23.6. The maximum absolute atomic E-state index is 13.4. The standard InChI is InChI=1S/C28H38N2O6/c1-28(2)17-9-8-16(20(28)12-17)14-30(23(32)15-35-3)21-13-19(27(34)29-10-11-31)24-18-6-4-5-7-22(18)36-26(24)25(21)33/h4-7,13,16-17,20-21,24-26,31,33H,8-12,14-15H2,1-3H3,(H,29,34)/t16-,17-,20-,21+,24-,25-,26-/m0/s1. The molecule has 196 valence electrons. The van der Waals surface area contributed by atoms with Crippen molar-refractivity contribution in [3.8, 4) is 5.75 Å². The Balaban J connectivity index is 1.50. The summed E-state index contributed by atoms with van der Waals surface area (Å²) in [5.74, 6) is 1.26. The normalized spacial score (nSPS) is 33.4. The number of amides is 2. The average molecular weight is 499 g/mol. The zero-order valence-electron chi connectivity index (χ0n) is 21.4. The molecule has 5 aliphatic rings. The molecule has 1 aliphatic heterocycles. The highest BCUT2D eigenvalue weighted by atomic mass is 16.5. The van der Waals surface area contributed by atoms with Crippen molar-refractivity contribution in [2.75, 3.05) is 33.4 Å². The van der Waals surface area contributed by atoms with Crippen LogP contribution in [-0.4, -0.2) is 78.6 Å². The van der Waals surface area contributed by atoms with Gasteiger partial charge in [0.15, 0.2) is 0 Å².